The first kappa shape index (κ1) is 15.4. The number of benzene rings is 1. The minimum atomic E-state index is -3.31. The lowest BCUT2D eigenvalue weighted by atomic mass is 10.2. The Bertz CT molecular complexity index is 792. The van der Waals surface area contributed by atoms with E-state index in [4.69, 9.17) is 11.6 Å². The Morgan fingerprint density at radius 1 is 1.29 bits per heavy atom. The number of carbonyl (C=O) groups is 1. The average Bonchev–Trinajstić information content (AvgIpc) is 2.41. The van der Waals surface area contributed by atoms with Crippen LogP contribution in [0.2, 0.25) is 5.15 Å². The van der Waals surface area contributed by atoms with Gasteiger partial charge in [0.2, 0.25) is 0 Å². The van der Waals surface area contributed by atoms with E-state index in [9.17, 15) is 17.6 Å². The fraction of sp³-hybridized carbons (Fsp3) is 0.0769. The Labute approximate surface area is 125 Å². The summed E-state index contributed by atoms with van der Waals surface area (Å²) in [4.78, 5) is 15.6. The van der Waals surface area contributed by atoms with E-state index in [0.717, 1.165) is 18.5 Å². The molecule has 0 aliphatic carbocycles. The Balaban J connectivity index is 2.22. The van der Waals surface area contributed by atoms with Crippen LogP contribution in [-0.4, -0.2) is 25.6 Å². The summed E-state index contributed by atoms with van der Waals surface area (Å²) in [5, 5.41) is 2.36. The van der Waals surface area contributed by atoms with Crippen LogP contribution in [0.1, 0.15) is 10.4 Å². The van der Waals surface area contributed by atoms with Crippen molar-refractivity contribution < 1.29 is 17.6 Å². The van der Waals surface area contributed by atoms with E-state index in [0.29, 0.717) is 5.69 Å². The smallest absolute Gasteiger partial charge is 0.258 e. The molecule has 0 spiro atoms. The normalized spacial score (nSPS) is 11.2. The molecule has 2 aromatic rings. The molecule has 0 unspecified atom stereocenters. The molecule has 1 aromatic heterocycles. The predicted octanol–water partition coefficient (Wildman–Crippen LogP) is 2.53. The van der Waals surface area contributed by atoms with Crippen LogP contribution in [-0.2, 0) is 9.84 Å². The zero-order chi connectivity index (χ0) is 15.6. The quantitative estimate of drug-likeness (QED) is 0.878. The lowest BCUT2D eigenvalue weighted by Crippen LogP contribution is -2.13. The van der Waals surface area contributed by atoms with Gasteiger partial charge in [0.15, 0.2) is 9.84 Å². The van der Waals surface area contributed by atoms with E-state index in [2.05, 4.69) is 10.3 Å². The van der Waals surface area contributed by atoms with Crippen LogP contribution in [0, 0.1) is 5.82 Å². The predicted molar refractivity (Wildman–Crippen MR) is 76.7 cm³/mol. The van der Waals surface area contributed by atoms with Gasteiger partial charge in [0, 0.05) is 11.9 Å². The van der Waals surface area contributed by atoms with Crippen LogP contribution < -0.4 is 5.32 Å². The molecule has 0 aliphatic rings. The van der Waals surface area contributed by atoms with Gasteiger partial charge in [0.25, 0.3) is 5.91 Å². The van der Waals surface area contributed by atoms with Crippen molar-refractivity contribution in [2.75, 3.05) is 11.6 Å². The van der Waals surface area contributed by atoms with Gasteiger partial charge in [0.1, 0.15) is 11.0 Å². The fourth-order valence-corrected chi connectivity index (χ4v) is 2.39. The number of hydrogen-bond acceptors (Lipinski definition) is 4. The molecule has 2 rings (SSSR count). The number of halogens is 2. The van der Waals surface area contributed by atoms with Crippen molar-refractivity contribution in [3.05, 3.63) is 53.1 Å². The van der Waals surface area contributed by atoms with Crippen LogP contribution >= 0.6 is 11.6 Å². The van der Waals surface area contributed by atoms with Crippen LogP contribution in [0.15, 0.2) is 41.4 Å². The third-order valence-electron chi connectivity index (χ3n) is 2.59. The summed E-state index contributed by atoms with van der Waals surface area (Å²) in [6.45, 7) is 0. The first-order valence-electron chi connectivity index (χ1n) is 5.70. The molecular formula is C13H10ClFN2O3S. The number of aromatic nitrogens is 1. The Kier molecular flexibility index (Phi) is 4.24. The first-order chi connectivity index (χ1) is 9.77. The van der Waals surface area contributed by atoms with Gasteiger partial charge in [-0.2, -0.15) is 0 Å². The third kappa shape index (κ3) is 3.77. The van der Waals surface area contributed by atoms with Crippen molar-refractivity contribution in [1.29, 1.82) is 0 Å². The SMILES string of the molecule is CS(=O)(=O)c1ccc(NC(=O)c2cc(F)cnc2Cl)cc1. The molecular weight excluding hydrogens is 319 g/mol. The van der Waals surface area contributed by atoms with Gasteiger partial charge in [-0.15, -0.1) is 0 Å². The molecule has 1 N–H and O–H groups in total. The molecule has 0 aliphatic heterocycles. The number of amides is 1. The molecule has 8 heteroatoms. The maximum absolute atomic E-state index is 13.1. The molecule has 0 saturated carbocycles. The molecule has 5 nitrogen and oxygen atoms in total. The molecule has 21 heavy (non-hydrogen) atoms. The second-order valence-corrected chi connectivity index (χ2v) is 6.62. The van der Waals surface area contributed by atoms with Gasteiger partial charge < -0.3 is 5.32 Å². The standard InChI is InChI=1S/C13H10ClFN2O3S/c1-21(19,20)10-4-2-9(3-5-10)17-13(18)11-6-8(15)7-16-12(11)14/h2-7H,1H3,(H,17,18). The molecule has 1 amide bonds. The van der Waals surface area contributed by atoms with E-state index < -0.39 is 21.6 Å². The summed E-state index contributed by atoms with van der Waals surface area (Å²) < 4.78 is 35.7. The van der Waals surface area contributed by atoms with Crippen molar-refractivity contribution in [1.82, 2.24) is 4.98 Å². The second-order valence-electron chi connectivity index (χ2n) is 4.24. The number of anilines is 1. The summed E-state index contributed by atoms with van der Waals surface area (Å²) in [5.41, 5.74) is 0.247. The highest BCUT2D eigenvalue weighted by atomic mass is 35.5. The van der Waals surface area contributed by atoms with Crippen LogP contribution in [0.25, 0.3) is 0 Å². The molecule has 0 atom stereocenters. The summed E-state index contributed by atoms with van der Waals surface area (Å²) in [6.07, 6.45) is 1.98. The van der Waals surface area contributed by atoms with Gasteiger partial charge >= 0.3 is 0 Å². The number of nitrogens with one attached hydrogen (secondary N) is 1. The maximum Gasteiger partial charge on any atom is 0.258 e. The lowest BCUT2D eigenvalue weighted by molar-refractivity contribution is 0.102. The van der Waals surface area contributed by atoms with E-state index >= 15 is 0 Å². The molecule has 1 heterocycles. The van der Waals surface area contributed by atoms with Gasteiger partial charge in [-0.3, -0.25) is 4.79 Å². The number of carbonyl (C=O) groups excluding carboxylic acids is 1. The zero-order valence-corrected chi connectivity index (χ0v) is 12.4. The largest absolute Gasteiger partial charge is 0.322 e. The summed E-state index contributed by atoms with van der Waals surface area (Å²) in [7, 11) is -3.31. The van der Waals surface area contributed by atoms with Crippen LogP contribution in [0.4, 0.5) is 10.1 Å². The molecule has 0 radical (unpaired) electrons. The van der Waals surface area contributed by atoms with Crippen molar-refractivity contribution in [3.63, 3.8) is 0 Å². The highest BCUT2D eigenvalue weighted by molar-refractivity contribution is 7.90. The van der Waals surface area contributed by atoms with E-state index in [1.165, 1.54) is 24.3 Å². The molecule has 1 aromatic carbocycles. The molecule has 0 fully saturated rings. The minimum Gasteiger partial charge on any atom is -0.322 e. The first-order valence-corrected chi connectivity index (χ1v) is 7.97. The van der Waals surface area contributed by atoms with Crippen molar-refractivity contribution >= 4 is 33.0 Å². The Morgan fingerprint density at radius 3 is 2.48 bits per heavy atom. The minimum absolute atomic E-state index is 0.108. The number of sulfone groups is 1. The number of hydrogen-bond donors (Lipinski definition) is 1. The lowest BCUT2D eigenvalue weighted by Gasteiger charge is -2.07. The van der Waals surface area contributed by atoms with E-state index in [-0.39, 0.29) is 15.6 Å². The maximum atomic E-state index is 13.1. The van der Waals surface area contributed by atoms with E-state index in [1.54, 1.807) is 0 Å². The van der Waals surface area contributed by atoms with Gasteiger partial charge in [-0.1, -0.05) is 11.6 Å². The van der Waals surface area contributed by atoms with Gasteiger partial charge in [0.05, 0.1) is 16.7 Å². The topological polar surface area (TPSA) is 76.1 Å². The van der Waals surface area contributed by atoms with Crippen molar-refractivity contribution in [2.24, 2.45) is 0 Å². The van der Waals surface area contributed by atoms with Crippen LogP contribution in [0.3, 0.4) is 0 Å². The molecule has 0 bridgehead atoms. The Morgan fingerprint density at radius 2 is 1.90 bits per heavy atom. The number of nitrogens with zero attached hydrogens (tertiary/aromatic N) is 1. The van der Waals surface area contributed by atoms with E-state index in [1.807, 2.05) is 0 Å². The van der Waals surface area contributed by atoms with Crippen molar-refractivity contribution in [3.8, 4) is 0 Å². The highest BCUT2D eigenvalue weighted by Gasteiger charge is 2.13. The molecule has 110 valence electrons. The third-order valence-corrected chi connectivity index (χ3v) is 4.02. The fourth-order valence-electron chi connectivity index (χ4n) is 1.57. The monoisotopic (exact) mass is 328 g/mol. The van der Waals surface area contributed by atoms with Crippen molar-refractivity contribution in [2.45, 2.75) is 4.90 Å². The molecule has 0 saturated heterocycles. The Hall–Kier alpha value is -1.99. The zero-order valence-electron chi connectivity index (χ0n) is 10.8. The summed E-state index contributed by atoms with van der Waals surface area (Å²) >= 11 is 5.72. The second kappa shape index (κ2) is 5.79. The van der Waals surface area contributed by atoms with Crippen LogP contribution in [0.5, 0.6) is 0 Å². The van der Waals surface area contributed by atoms with Gasteiger partial charge in [-0.05, 0) is 30.3 Å². The average molecular weight is 329 g/mol. The summed E-state index contributed by atoms with van der Waals surface area (Å²) in [5.74, 6) is -1.32. The highest BCUT2D eigenvalue weighted by Crippen LogP contribution is 2.18. The number of rotatable bonds is 3. The summed E-state index contributed by atoms with van der Waals surface area (Å²) in [6, 6.07) is 6.53. The number of pyridine rings is 1. The van der Waals surface area contributed by atoms with Gasteiger partial charge in [-0.25, -0.2) is 17.8 Å².